The van der Waals surface area contributed by atoms with Gasteiger partial charge in [0, 0.05) is 17.4 Å². The van der Waals surface area contributed by atoms with Gasteiger partial charge in [-0.05, 0) is 113 Å². The van der Waals surface area contributed by atoms with Gasteiger partial charge < -0.3 is 23.4 Å². The quantitative estimate of drug-likeness (QED) is 0.157. The molecule has 4 rings (SSSR count). The fourth-order valence-electron chi connectivity index (χ4n) is 8.58. The smallest absolute Gasteiger partial charge is 0.184 e. The third-order valence-electron chi connectivity index (χ3n) is 9.87. The van der Waals surface area contributed by atoms with E-state index in [1.54, 1.807) is 21.3 Å². The molecule has 0 aromatic heterocycles. The van der Waals surface area contributed by atoms with Gasteiger partial charge in [-0.3, -0.25) is 0 Å². The molecule has 7 unspecified atom stereocenters. The summed E-state index contributed by atoms with van der Waals surface area (Å²) >= 11 is 0. The van der Waals surface area contributed by atoms with Crippen molar-refractivity contribution in [3.8, 4) is 0 Å². The minimum atomic E-state index is -1.86. The molecule has 0 heterocycles. The number of oxime groups is 3. The molecule has 0 bridgehead atoms. The van der Waals surface area contributed by atoms with Gasteiger partial charge in [-0.1, -0.05) is 28.0 Å². The molecule has 0 radical (unpaired) electrons. The Morgan fingerprint density at radius 3 is 2.35 bits per heavy atom. The predicted octanol–water partition coefficient (Wildman–Crippen LogP) is 6.86. The molecule has 0 spiro atoms. The van der Waals surface area contributed by atoms with Crippen molar-refractivity contribution in [2.75, 3.05) is 27.9 Å². The maximum atomic E-state index is 7.21. The molecule has 0 N–H and O–H groups in total. The molecule has 40 heavy (non-hydrogen) atoms. The topological polar surface area (TPSA) is 83.2 Å². The van der Waals surface area contributed by atoms with E-state index in [4.69, 9.17) is 23.4 Å². The Hall–Kier alpha value is -1.50. The largest absolute Gasteiger partial charge is 0.414 e. The van der Waals surface area contributed by atoms with Crippen LogP contribution < -0.4 is 0 Å². The van der Waals surface area contributed by atoms with Crippen molar-refractivity contribution in [1.82, 2.24) is 0 Å². The average Bonchev–Trinajstić information content (AvgIpc) is 3.23. The van der Waals surface area contributed by atoms with Crippen LogP contribution in [0.1, 0.15) is 51.9 Å². The standard InChI is InChI=1S/C30H53N3O5Si2/c1-29-16-15-22(32-35-3)17-21(29)11-12-23-24-13-14-25(26(33-36-4)19-37-39(5,6)7)30(24,20-31-34-2)18-27(28(23)29)38-40(8,9)10/h17,20,23-25,27-28H,11-16,18-19H2,1-10H3/b31-20+,32-22+,33-26+. The van der Waals surface area contributed by atoms with Crippen molar-refractivity contribution in [3.63, 3.8) is 0 Å². The zero-order valence-electron chi connectivity index (χ0n) is 26.6. The molecule has 3 fully saturated rings. The summed E-state index contributed by atoms with van der Waals surface area (Å²) in [5, 5.41) is 13.4. The van der Waals surface area contributed by atoms with Gasteiger partial charge in [-0.25, -0.2) is 0 Å². The highest BCUT2D eigenvalue weighted by Gasteiger charge is 2.65. The Labute approximate surface area is 244 Å². The predicted molar refractivity (Wildman–Crippen MR) is 167 cm³/mol. The molecule has 7 atom stereocenters. The summed E-state index contributed by atoms with van der Waals surface area (Å²) in [7, 11) is 1.32. The summed E-state index contributed by atoms with van der Waals surface area (Å²) in [5.74, 6) is 1.65. The molecule has 3 saturated carbocycles. The molecule has 226 valence electrons. The highest BCUT2D eigenvalue weighted by molar-refractivity contribution is 6.70. The van der Waals surface area contributed by atoms with E-state index in [1.807, 2.05) is 0 Å². The van der Waals surface area contributed by atoms with E-state index >= 15 is 0 Å². The first kappa shape index (κ1) is 31.4. The van der Waals surface area contributed by atoms with Crippen molar-refractivity contribution in [2.45, 2.75) is 97.3 Å². The van der Waals surface area contributed by atoms with E-state index < -0.39 is 16.6 Å². The number of hydrogen-bond donors (Lipinski definition) is 0. The summed E-state index contributed by atoms with van der Waals surface area (Å²) < 4.78 is 13.6. The summed E-state index contributed by atoms with van der Waals surface area (Å²) in [4.78, 5) is 16.0. The van der Waals surface area contributed by atoms with Crippen LogP contribution in [0.2, 0.25) is 39.3 Å². The first-order valence-corrected chi connectivity index (χ1v) is 21.9. The van der Waals surface area contributed by atoms with Crippen LogP contribution in [0.3, 0.4) is 0 Å². The molecule has 10 heteroatoms. The maximum absolute atomic E-state index is 7.21. The van der Waals surface area contributed by atoms with Gasteiger partial charge in [0.15, 0.2) is 16.6 Å². The Balaban J connectivity index is 1.80. The van der Waals surface area contributed by atoms with E-state index in [2.05, 4.69) is 74.0 Å². The van der Waals surface area contributed by atoms with E-state index in [1.165, 1.54) is 5.57 Å². The molecule has 0 amide bonds. The van der Waals surface area contributed by atoms with Crippen LogP contribution in [0.15, 0.2) is 27.1 Å². The molecule has 4 aliphatic rings. The van der Waals surface area contributed by atoms with Crippen LogP contribution in [0.5, 0.6) is 0 Å². The van der Waals surface area contributed by atoms with Crippen LogP contribution in [-0.4, -0.2) is 68.3 Å². The Morgan fingerprint density at radius 1 is 0.975 bits per heavy atom. The van der Waals surface area contributed by atoms with Gasteiger partial charge in [0.2, 0.25) is 0 Å². The van der Waals surface area contributed by atoms with Gasteiger partial charge in [0.05, 0.1) is 24.2 Å². The van der Waals surface area contributed by atoms with Crippen LogP contribution in [0, 0.1) is 34.5 Å². The molecule has 0 saturated heterocycles. The fraction of sp³-hybridized carbons (Fsp3) is 0.833. The molecular formula is C30H53N3O5Si2. The van der Waals surface area contributed by atoms with Gasteiger partial charge in [-0.2, -0.15) is 0 Å². The van der Waals surface area contributed by atoms with Gasteiger partial charge >= 0.3 is 0 Å². The minimum Gasteiger partial charge on any atom is -0.414 e. The SMILES string of the molecule is CO/N=C(\CO[Si](C)(C)C)C1CCC2C3CCC4=C/C(=N/OC)CCC4(C)C3C(O[Si](C)(C)C)CC12/C=N/OC. The third-order valence-corrected chi connectivity index (χ3v) is 11.9. The summed E-state index contributed by atoms with van der Waals surface area (Å²) in [6, 6.07) is 0. The molecule has 0 aromatic rings. The second-order valence-electron chi connectivity index (χ2n) is 14.5. The second kappa shape index (κ2) is 12.0. The number of fused-ring (bicyclic) bond motifs is 5. The molecule has 0 aliphatic heterocycles. The normalized spacial score (nSPS) is 37.5. The zero-order valence-corrected chi connectivity index (χ0v) is 28.6. The lowest BCUT2D eigenvalue weighted by Gasteiger charge is -2.61. The van der Waals surface area contributed by atoms with E-state index in [0.717, 1.165) is 56.4 Å². The molecule has 8 nitrogen and oxygen atoms in total. The van der Waals surface area contributed by atoms with Crippen molar-refractivity contribution in [3.05, 3.63) is 11.6 Å². The number of rotatable bonds is 10. The third kappa shape index (κ3) is 6.29. The monoisotopic (exact) mass is 591 g/mol. The lowest BCUT2D eigenvalue weighted by Crippen LogP contribution is -2.60. The van der Waals surface area contributed by atoms with Gasteiger partial charge in [0.1, 0.15) is 21.3 Å². The van der Waals surface area contributed by atoms with E-state index in [0.29, 0.717) is 24.4 Å². The maximum Gasteiger partial charge on any atom is 0.184 e. The van der Waals surface area contributed by atoms with Crippen LogP contribution in [-0.2, 0) is 23.4 Å². The zero-order chi connectivity index (χ0) is 29.3. The van der Waals surface area contributed by atoms with Crippen molar-refractivity contribution in [2.24, 2.45) is 50.0 Å². The minimum absolute atomic E-state index is 0.0903. The Morgan fingerprint density at radius 2 is 1.73 bits per heavy atom. The Bertz CT molecular complexity index is 1030. The van der Waals surface area contributed by atoms with Crippen molar-refractivity contribution >= 4 is 34.3 Å². The number of hydrogen-bond acceptors (Lipinski definition) is 8. The first-order chi connectivity index (χ1) is 18.8. The van der Waals surface area contributed by atoms with Crippen molar-refractivity contribution in [1.29, 1.82) is 0 Å². The van der Waals surface area contributed by atoms with Crippen molar-refractivity contribution < 1.29 is 23.4 Å². The molecular weight excluding hydrogens is 539 g/mol. The molecule has 4 aliphatic carbocycles. The fourth-order valence-corrected chi connectivity index (χ4v) is 10.3. The van der Waals surface area contributed by atoms with Crippen LogP contribution >= 0.6 is 0 Å². The lowest BCUT2D eigenvalue weighted by molar-refractivity contribution is -0.0982. The first-order valence-electron chi connectivity index (χ1n) is 15.1. The summed E-state index contributed by atoms with van der Waals surface area (Å²) in [5.41, 5.74) is 3.47. The Kier molecular flexibility index (Phi) is 9.44. The lowest BCUT2D eigenvalue weighted by atomic mass is 9.45. The highest BCUT2D eigenvalue weighted by Crippen LogP contribution is 2.67. The van der Waals surface area contributed by atoms with E-state index in [9.17, 15) is 0 Å². The van der Waals surface area contributed by atoms with Crippen LogP contribution in [0.25, 0.3) is 0 Å². The number of allylic oxidation sites excluding steroid dienone is 2. The van der Waals surface area contributed by atoms with Gasteiger partial charge in [-0.15, -0.1) is 0 Å². The summed E-state index contributed by atoms with van der Waals surface area (Å²) in [6.07, 6.45) is 12.0. The summed E-state index contributed by atoms with van der Waals surface area (Å²) in [6.45, 7) is 16.6. The van der Waals surface area contributed by atoms with Crippen LogP contribution in [0.4, 0.5) is 0 Å². The average molecular weight is 592 g/mol. The molecule has 0 aromatic carbocycles. The number of nitrogens with zero attached hydrogens (tertiary/aromatic N) is 3. The second-order valence-corrected chi connectivity index (χ2v) is 23.5. The van der Waals surface area contributed by atoms with E-state index in [-0.39, 0.29) is 22.9 Å². The van der Waals surface area contributed by atoms with Gasteiger partial charge in [0.25, 0.3) is 0 Å². The highest BCUT2D eigenvalue weighted by atomic mass is 28.4.